The van der Waals surface area contributed by atoms with Gasteiger partial charge in [0.2, 0.25) is 6.79 Å². The fourth-order valence-electron chi connectivity index (χ4n) is 3.83. The third-order valence-electron chi connectivity index (χ3n) is 5.65. The van der Waals surface area contributed by atoms with Crippen molar-refractivity contribution in [1.82, 2.24) is 15.2 Å². The summed E-state index contributed by atoms with van der Waals surface area (Å²) in [6, 6.07) is 14.0. The van der Waals surface area contributed by atoms with E-state index in [0.717, 1.165) is 40.8 Å². The average molecular weight is 468 g/mol. The first-order chi connectivity index (χ1) is 16.1. The molecule has 4 rings (SSSR count). The molecule has 0 spiro atoms. The first-order valence-electron chi connectivity index (χ1n) is 11.1. The molecule has 1 aliphatic rings. The molecular weight excluding hydrogens is 438 g/mol. The fraction of sp³-hybridized carbons (Fsp3) is 0.360. The van der Waals surface area contributed by atoms with Crippen LogP contribution in [0.25, 0.3) is 10.9 Å². The third kappa shape index (κ3) is 5.64. The number of nitrogens with one attached hydrogen (secondary N) is 2. The smallest absolute Gasteiger partial charge is 0.253 e. The highest BCUT2D eigenvalue weighted by molar-refractivity contribution is 7.80. The minimum absolute atomic E-state index is 0.107. The molecule has 3 aromatic rings. The maximum absolute atomic E-state index is 12.9. The number of fused-ring (bicyclic) bond motifs is 2. The second-order valence-electron chi connectivity index (χ2n) is 8.02. The minimum atomic E-state index is -0.107. The molecule has 2 N–H and O–H groups in total. The molecule has 0 radical (unpaired) electrons. The summed E-state index contributed by atoms with van der Waals surface area (Å²) in [7, 11) is 1.68. The molecule has 174 valence electrons. The Morgan fingerprint density at radius 2 is 1.94 bits per heavy atom. The lowest BCUT2D eigenvalue weighted by atomic mass is 10.1. The molecule has 0 unspecified atom stereocenters. The topological polar surface area (TPSA) is 75.8 Å². The van der Waals surface area contributed by atoms with E-state index in [1.165, 1.54) is 5.56 Å². The standard InChI is InChI=1S/C25H29N3O4S/c1-3-17-5-7-21-19(11-17)13-20(24(29)27-21)15-28(25(33)26-9-4-10-30-2)14-18-6-8-22-23(12-18)32-16-31-22/h5-8,11-13H,3-4,9-10,14-16H2,1-2H3,(H,26,33)(H,27,29). The van der Waals surface area contributed by atoms with Crippen molar-refractivity contribution in [2.24, 2.45) is 0 Å². The number of aromatic nitrogens is 1. The number of thiocarbonyl (C=S) groups is 1. The van der Waals surface area contributed by atoms with Crippen molar-refractivity contribution in [3.63, 3.8) is 0 Å². The number of rotatable bonds is 9. The highest BCUT2D eigenvalue weighted by atomic mass is 32.1. The molecule has 0 saturated heterocycles. The number of aromatic amines is 1. The van der Waals surface area contributed by atoms with E-state index in [0.29, 0.717) is 36.9 Å². The highest BCUT2D eigenvalue weighted by Gasteiger charge is 2.17. The van der Waals surface area contributed by atoms with Gasteiger partial charge >= 0.3 is 0 Å². The predicted molar refractivity (Wildman–Crippen MR) is 133 cm³/mol. The number of aryl methyl sites for hydroxylation is 1. The van der Waals surface area contributed by atoms with Gasteiger partial charge < -0.3 is 29.4 Å². The number of hydrogen-bond donors (Lipinski definition) is 2. The molecule has 8 heteroatoms. The summed E-state index contributed by atoms with van der Waals surface area (Å²) in [4.78, 5) is 17.9. The van der Waals surface area contributed by atoms with Gasteiger partial charge in [0.15, 0.2) is 16.6 Å². The van der Waals surface area contributed by atoms with Gasteiger partial charge in [-0.3, -0.25) is 4.79 Å². The summed E-state index contributed by atoms with van der Waals surface area (Å²) in [5, 5.41) is 4.90. The maximum Gasteiger partial charge on any atom is 0.253 e. The van der Waals surface area contributed by atoms with Crippen LogP contribution in [0.4, 0.5) is 0 Å². The number of benzene rings is 2. The van der Waals surface area contributed by atoms with Crippen molar-refractivity contribution in [2.45, 2.75) is 32.9 Å². The Kier molecular flexibility index (Phi) is 7.47. The maximum atomic E-state index is 12.9. The Bertz CT molecular complexity index is 1190. The Hall–Kier alpha value is -3.10. The summed E-state index contributed by atoms with van der Waals surface area (Å²) in [5.74, 6) is 1.46. The predicted octanol–water partition coefficient (Wildman–Crippen LogP) is 3.73. The van der Waals surface area contributed by atoms with Crippen molar-refractivity contribution < 1.29 is 14.2 Å². The van der Waals surface area contributed by atoms with Crippen LogP contribution >= 0.6 is 12.2 Å². The molecule has 1 aromatic heterocycles. The zero-order valence-electron chi connectivity index (χ0n) is 19.0. The number of pyridine rings is 1. The van der Waals surface area contributed by atoms with Crippen LogP contribution in [0.5, 0.6) is 11.5 Å². The first-order valence-corrected chi connectivity index (χ1v) is 11.5. The van der Waals surface area contributed by atoms with Gasteiger partial charge in [0.1, 0.15) is 0 Å². The Morgan fingerprint density at radius 3 is 2.76 bits per heavy atom. The lowest BCUT2D eigenvalue weighted by Gasteiger charge is -2.26. The quantitative estimate of drug-likeness (QED) is 0.367. The molecular formula is C25H29N3O4S. The van der Waals surface area contributed by atoms with Gasteiger partial charge in [-0.25, -0.2) is 0 Å². The molecule has 0 saturated carbocycles. The molecule has 0 bridgehead atoms. The zero-order chi connectivity index (χ0) is 23.2. The zero-order valence-corrected chi connectivity index (χ0v) is 19.8. The van der Waals surface area contributed by atoms with Gasteiger partial charge in [0.25, 0.3) is 5.56 Å². The van der Waals surface area contributed by atoms with E-state index in [9.17, 15) is 4.79 Å². The average Bonchev–Trinajstić information content (AvgIpc) is 3.29. The molecule has 0 atom stereocenters. The van der Waals surface area contributed by atoms with Crippen LogP contribution in [-0.2, 0) is 24.2 Å². The van der Waals surface area contributed by atoms with E-state index in [2.05, 4.69) is 23.3 Å². The minimum Gasteiger partial charge on any atom is -0.454 e. The SMILES string of the molecule is CCc1ccc2[nH]c(=O)c(CN(Cc3ccc4c(c3)OCO4)C(=S)NCCCOC)cc2c1. The Morgan fingerprint density at radius 1 is 1.12 bits per heavy atom. The van der Waals surface area contributed by atoms with E-state index in [4.69, 9.17) is 26.4 Å². The van der Waals surface area contributed by atoms with Crippen LogP contribution in [0.2, 0.25) is 0 Å². The van der Waals surface area contributed by atoms with Crippen LogP contribution < -0.4 is 20.3 Å². The van der Waals surface area contributed by atoms with E-state index in [1.807, 2.05) is 41.3 Å². The molecule has 2 heterocycles. The van der Waals surface area contributed by atoms with Gasteiger partial charge in [-0.05, 0) is 71.9 Å². The van der Waals surface area contributed by atoms with Crippen molar-refractivity contribution in [3.05, 3.63) is 69.5 Å². The normalized spacial score (nSPS) is 12.2. The Balaban J connectivity index is 1.59. The van der Waals surface area contributed by atoms with Crippen LogP contribution in [-0.4, -0.2) is 42.1 Å². The van der Waals surface area contributed by atoms with Crippen LogP contribution in [0.15, 0.2) is 47.3 Å². The summed E-state index contributed by atoms with van der Waals surface area (Å²) in [5.41, 5.74) is 3.64. The van der Waals surface area contributed by atoms with E-state index in [1.54, 1.807) is 7.11 Å². The van der Waals surface area contributed by atoms with Gasteiger partial charge in [0.05, 0.1) is 6.54 Å². The van der Waals surface area contributed by atoms with Crippen LogP contribution in [0, 0.1) is 0 Å². The van der Waals surface area contributed by atoms with Gasteiger partial charge in [0, 0.05) is 37.9 Å². The van der Waals surface area contributed by atoms with Gasteiger partial charge in [-0.15, -0.1) is 0 Å². The van der Waals surface area contributed by atoms with Crippen molar-refractivity contribution in [2.75, 3.05) is 27.1 Å². The summed E-state index contributed by atoms with van der Waals surface area (Å²) < 4.78 is 16.1. The monoisotopic (exact) mass is 467 g/mol. The summed E-state index contributed by atoms with van der Waals surface area (Å²) >= 11 is 5.71. The Labute approximate surface area is 198 Å². The number of ether oxygens (including phenoxy) is 3. The molecule has 0 fully saturated rings. The van der Waals surface area contributed by atoms with Crippen LogP contribution in [0.1, 0.15) is 30.0 Å². The van der Waals surface area contributed by atoms with Crippen molar-refractivity contribution >= 4 is 28.2 Å². The number of nitrogens with zero attached hydrogens (tertiary/aromatic N) is 1. The lowest BCUT2D eigenvalue weighted by Crippen LogP contribution is -2.40. The van der Waals surface area contributed by atoms with Crippen molar-refractivity contribution in [3.8, 4) is 11.5 Å². The lowest BCUT2D eigenvalue weighted by molar-refractivity contribution is 0.174. The third-order valence-corrected chi connectivity index (χ3v) is 6.06. The van der Waals surface area contributed by atoms with Gasteiger partial charge in [-0.1, -0.05) is 19.1 Å². The number of H-pyrrole nitrogens is 1. The second kappa shape index (κ2) is 10.7. The van der Waals surface area contributed by atoms with Gasteiger partial charge in [-0.2, -0.15) is 0 Å². The molecule has 33 heavy (non-hydrogen) atoms. The van der Waals surface area contributed by atoms with Crippen LogP contribution in [0.3, 0.4) is 0 Å². The molecule has 1 aliphatic heterocycles. The molecule has 7 nitrogen and oxygen atoms in total. The first kappa shape index (κ1) is 23.1. The molecule has 0 aliphatic carbocycles. The molecule has 2 aromatic carbocycles. The van der Waals surface area contributed by atoms with Crippen molar-refractivity contribution in [1.29, 1.82) is 0 Å². The largest absolute Gasteiger partial charge is 0.454 e. The highest BCUT2D eigenvalue weighted by Crippen LogP contribution is 2.33. The summed E-state index contributed by atoms with van der Waals surface area (Å²) in [6.07, 6.45) is 1.78. The number of methoxy groups -OCH3 is 1. The van der Waals surface area contributed by atoms with E-state index in [-0.39, 0.29) is 12.4 Å². The summed E-state index contributed by atoms with van der Waals surface area (Å²) in [6.45, 7) is 4.61. The second-order valence-corrected chi connectivity index (χ2v) is 8.41. The number of hydrogen-bond acceptors (Lipinski definition) is 5. The fourth-order valence-corrected chi connectivity index (χ4v) is 4.06. The molecule has 0 amide bonds. The van der Waals surface area contributed by atoms with E-state index < -0.39 is 0 Å². The van der Waals surface area contributed by atoms with E-state index >= 15 is 0 Å².